The summed E-state index contributed by atoms with van der Waals surface area (Å²) >= 11 is 0. The maximum Gasteiger partial charge on any atom is 0.223 e. The number of carbonyl (C=O) groups excluding carboxylic acids is 2. The standard InChI is InChI=1S/C21H22FNO2/c1-15-4-6-17(7-5-15)20(24)12-13-21(25)23-14-2-3-19(23)16-8-10-18(22)11-9-16/h4-11,19H,2-3,12-14H2,1H3/t19-/m1/s1. The molecule has 1 amide bonds. The maximum absolute atomic E-state index is 13.1. The number of carbonyl (C=O) groups is 2. The van der Waals surface area contributed by atoms with E-state index in [9.17, 15) is 14.0 Å². The van der Waals surface area contributed by atoms with Gasteiger partial charge in [-0.3, -0.25) is 9.59 Å². The summed E-state index contributed by atoms with van der Waals surface area (Å²) in [5.41, 5.74) is 2.71. The van der Waals surface area contributed by atoms with Crippen LogP contribution >= 0.6 is 0 Å². The fourth-order valence-corrected chi connectivity index (χ4v) is 3.34. The molecule has 25 heavy (non-hydrogen) atoms. The number of nitrogens with zero attached hydrogens (tertiary/aromatic N) is 1. The van der Waals surface area contributed by atoms with Crippen LogP contribution in [0.25, 0.3) is 0 Å². The van der Waals surface area contributed by atoms with Gasteiger partial charge in [0.15, 0.2) is 5.78 Å². The fourth-order valence-electron chi connectivity index (χ4n) is 3.34. The Balaban J connectivity index is 1.61. The van der Waals surface area contributed by atoms with E-state index in [1.807, 2.05) is 24.0 Å². The van der Waals surface area contributed by atoms with Gasteiger partial charge in [-0.1, -0.05) is 42.0 Å². The molecule has 1 fully saturated rings. The third-order valence-corrected chi connectivity index (χ3v) is 4.77. The van der Waals surface area contributed by atoms with Gasteiger partial charge in [0.05, 0.1) is 6.04 Å². The molecule has 0 saturated carbocycles. The highest BCUT2D eigenvalue weighted by Crippen LogP contribution is 2.32. The van der Waals surface area contributed by atoms with E-state index in [0.29, 0.717) is 12.1 Å². The van der Waals surface area contributed by atoms with Crippen LogP contribution in [0, 0.1) is 12.7 Å². The molecule has 0 bridgehead atoms. The summed E-state index contributed by atoms with van der Waals surface area (Å²) in [6.07, 6.45) is 2.24. The van der Waals surface area contributed by atoms with E-state index in [2.05, 4.69) is 0 Å². The highest BCUT2D eigenvalue weighted by atomic mass is 19.1. The second-order valence-electron chi connectivity index (χ2n) is 6.59. The van der Waals surface area contributed by atoms with E-state index in [1.54, 1.807) is 24.3 Å². The molecule has 0 spiro atoms. The van der Waals surface area contributed by atoms with Gasteiger partial charge < -0.3 is 4.90 Å². The number of amides is 1. The van der Waals surface area contributed by atoms with Gasteiger partial charge in [0.25, 0.3) is 0 Å². The van der Waals surface area contributed by atoms with Gasteiger partial charge in [-0.15, -0.1) is 0 Å². The normalized spacial score (nSPS) is 16.9. The molecule has 0 aromatic heterocycles. The number of halogens is 1. The Morgan fingerprint density at radius 1 is 1.04 bits per heavy atom. The maximum atomic E-state index is 13.1. The van der Waals surface area contributed by atoms with Gasteiger partial charge in [0.1, 0.15) is 5.82 Å². The van der Waals surface area contributed by atoms with Gasteiger partial charge in [0.2, 0.25) is 5.91 Å². The summed E-state index contributed by atoms with van der Waals surface area (Å²) in [5, 5.41) is 0. The summed E-state index contributed by atoms with van der Waals surface area (Å²) in [4.78, 5) is 26.7. The summed E-state index contributed by atoms with van der Waals surface area (Å²) in [7, 11) is 0. The summed E-state index contributed by atoms with van der Waals surface area (Å²) < 4.78 is 13.1. The second kappa shape index (κ2) is 7.60. The lowest BCUT2D eigenvalue weighted by Gasteiger charge is -2.25. The molecule has 1 saturated heterocycles. The van der Waals surface area contributed by atoms with Crippen LogP contribution in [0.2, 0.25) is 0 Å². The van der Waals surface area contributed by atoms with Crippen molar-refractivity contribution in [1.82, 2.24) is 4.90 Å². The van der Waals surface area contributed by atoms with Gasteiger partial charge in [-0.2, -0.15) is 0 Å². The van der Waals surface area contributed by atoms with Crippen LogP contribution in [0.4, 0.5) is 4.39 Å². The molecule has 4 heteroatoms. The predicted molar refractivity (Wildman–Crippen MR) is 94.8 cm³/mol. The zero-order chi connectivity index (χ0) is 17.8. The minimum absolute atomic E-state index is 0.00714. The molecule has 0 N–H and O–H groups in total. The molecule has 0 radical (unpaired) electrons. The van der Waals surface area contributed by atoms with E-state index in [1.165, 1.54) is 12.1 Å². The number of aryl methyl sites for hydroxylation is 1. The Labute approximate surface area is 147 Å². The summed E-state index contributed by atoms with van der Waals surface area (Å²) in [6.45, 7) is 2.67. The number of benzene rings is 2. The van der Waals surface area contributed by atoms with Gasteiger partial charge in [0, 0.05) is 24.9 Å². The Kier molecular flexibility index (Phi) is 5.27. The smallest absolute Gasteiger partial charge is 0.223 e. The third-order valence-electron chi connectivity index (χ3n) is 4.77. The molecule has 2 aromatic carbocycles. The molecule has 0 unspecified atom stereocenters. The largest absolute Gasteiger partial charge is 0.336 e. The fraction of sp³-hybridized carbons (Fsp3) is 0.333. The number of rotatable bonds is 5. The van der Waals surface area contributed by atoms with Crippen molar-refractivity contribution in [1.29, 1.82) is 0 Å². The highest BCUT2D eigenvalue weighted by molar-refractivity contribution is 5.98. The summed E-state index contributed by atoms with van der Waals surface area (Å²) in [6, 6.07) is 13.7. The van der Waals surface area contributed by atoms with Crippen LogP contribution in [-0.2, 0) is 4.79 Å². The first-order valence-corrected chi connectivity index (χ1v) is 8.69. The quantitative estimate of drug-likeness (QED) is 0.754. The molecular formula is C21H22FNO2. The molecule has 1 aliphatic heterocycles. The highest BCUT2D eigenvalue weighted by Gasteiger charge is 2.29. The van der Waals surface area contributed by atoms with Crippen LogP contribution in [0.15, 0.2) is 48.5 Å². The zero-order valence-electron chi connectivity index (χ0n) is 14.4. The SMILES string of the molecule is Cc1ccc(C(=O)CCC(=O)N2CCC[C@@H]2c2ccc(F)cc2)cc1. The first-order valence-electron chi connectivity index (χ1n) is 8.69. The van der Waals surface area contributed by atoms with Crippen molar-refractivity contribution >= 4 is 11.7 Å². The monoisotopic (exact) mass is 339 g/mol. The molecule has 0 aliphatic carbocycles. The van der Waals surface area contributed by atoms with Crippen molar-refractivity contribution in [3.05, 3.63) is 71.0 Å². The lowest BCUT2D eigenvalue weighted by molar-refractivity contribution is -0.132. The predicted octanol–water partition coefficient (Wildman–Crippen LogP) is 4.46. The van der Waals surface area contributed by atoms with E-state index in [-0.39, 0.29) is 36.4 Å². The lowest BCUT2D eigenvalue weighted by atomic mass is 10.0. The molecule has 1 aliphatic rings. The van der Waals surface area contributed by atoms with Crippen LogP contribution < -0.4 is 0 Å². The number of ketones is 1. The average molecular weight is 339 g/mol. The Bertz CT molecular complexity index is 752. The minimum atomic E-state index is -0.275. The van der Waals surface area contributed by atoms with Crippen molar-refractivity contribution in [2.45, 2.75) is 38.6 Å². The first-order chi connectivity index (χ1) is 12.0. The number of hydrogen-bond acceptors (Lipinski definition) is 2. The Morgan fingerprint density at radius 2 is 1.72 bits per heavy atom. The van der Waals surface area contributed by atoms with E-state index < -0.39 is 0 Å². The lowest BCUT2D eigenvalue weighted by Crippen LogP contribution is -2.30. The second-order valence-corrected chi connectivity index (χ2v) is 6.59. The first kappa shape index (κ1) is 17.3. The third kappa shape index (κ3) is 4.13. The van der Waals surface area contributed by atoms with Crippen LogP contribution in [0.3, 0.4) is 0 Å². The van der Waals surface area contributed by atoms with Crippen LogP contribution in [-0.4, -0.2) is 23.1 Å². The van der Waals surface area contributed by atoms with E-state index in [4.69, 9.17) is 0 Å². The number of Topliss-reactive ketones (excluding diaryl/α,β-unsaturated/α-hetero) is 1. The molecule has 1 atom stereocenters. The van der Waals surface area contributed by atoms with Gasteiger partial charge in [-0.05, 0) is 37.5 Å². The molecule has 1 heterocycles. The molecule has 2 aromatic rings. The molecule has 130 valence electrons. The molecule has 3 nitrogen and oxygen atoms in total. The molecule has 3 rings (SSSR count). The minimum Gasteiger partial charge on any atom is -0.336 e. The van der Waals surface area contributed by atoms with Gasteiger partial charge in [-0.25, -0.2) is 4.39 Å². The van der Waals surface area contributed by atoms with Crippen molar-refractivity contribution in [3.8, 4) is 0 Å². The zero-order valence-corrected chi connectivity index (χ0v) is 14.4. The number of likely N-dealkylation sites (tertiary alicyclic amines) is 1. The number of hydrogen-bond donors (Lipinski definition) is 0. The van der Waals surface area contributed by atoms with Crippen molar-refractivity contribution in [2.75, 3.05) is 6.54 Å². The summed E-state index contributed by atoms with van der Waals surface area (Å²) in [5.74, 6) is -0.290. The van der Waals surface area contributed by atoms with Crippen molar-refractivity contribution < 1.29 is 14.0 Å². The van der Waals surface area contributed by atoms with Crippen molar-refractivity contribution in [3.63, 3.8) is 0 Å². The van der Waals surface area contributed by atoms with Crippen molar-refractivity contribution in [2.24, 2.45) is 0 Å². The Morgan fingerprint density at radius 3 is 2.40 bits per heavy atom. The molecular weight excluding hydrogens is 317 g/mol. The van der Waals surface area contributed by atoms with Gasteiger partial charge >= 0.3 is 0 Å². The topological polar surface area (TPSA) is 37.4 Å². The van der Waals surface area contributed by atoms with E-state index in [0.717, 1.165) is 24.0 Å². The Hall–Kier alpha value is -2.49. The van der Waals surface area contributed by atoms with Crippen LogP contribution in [0.5, 0.6) is 0 Å². The average Bonchev–Trinajstić information content (AvgIpc) is 3.10. The van der Waals surface area contributed by atoms with Crippen LogP contribution in [0.1, 0.15) is 53.2 Å². The van der Waals surface area contributed by atoms with E-state index >= 15 is 0 Å².